The van der Waals surface area contributed by atoms with Crippen molar-refractivity contribution in [1.29, 1.82) is 5.26 Å². The molecule has 0 aliphatic carbocycles. The molecule has 0 saturated carbocycles. The SMILES string of the molecule is CCCNC(C)(C#N)COc1cccc([N+](=O)[O-])c1. The summed E-state index contributed by atoms with van der Waals surface area (Å²) in [6, 6.07) is 8.07. The highest BCUT2D eigenvalue weighted by atomic mass is 16.6. The third-order valence-corrected chi connectivity index (χ3v) is 2.57. The molecule has 0 amide bonds. The molecule has 0 aliphatic heterocycles. The quantitative estimate of drug-likeness (QED) is 0.602. The van der Waals surface area contributed by atoms with E-state index in [1.165, 1.54) is 12.1 Å². The average Bonchev–Trinajstić information content (AvgIpc) is 2.43. The van der Waals surface area contributed by atoms with Crippen molar-refractivity contribution in [1.82, 2.24) is 5.32 Å². The van der Waals surface area contributed by atoms with Crippen LogP contribution in [0.1, 0.15) is 20.3 Å². The smallest absolute Gasteiger partial charge is 0.273 e. The van der Waals surface area contributed by atoms with Crippen molar-refractivity contribution in [2.75, 3.05) is 13.2 Å². The Morgan fingerprint density at radius 2 is 2.32 bits per heavy atom. The van der Waals surface area contributed by atoms with Crippen LogP contribution >= 0.6 is 0 Å². The van der Waals surface area contributed by atoms with Crippen LogP contribution in [0.15, 0.2) is 24.3 Å². The van der Waals surface area contributed by atoms with Gasteiger partial charge in [-0.1, -0.05) is 13.0 Å². The fraction of sp³-hybridized carbons (Fsp3) is 0.462. The monoisotopic (exact) mass is 263 g/mol. The first-order valence-corrected chi connectivity index (χ1v) is 6.04. The van der Waals surface area contributed by atoms with E-state index in [0.717, 1.165) is 6.42 Å². The Morgan fingerprint density at radius 1 is 1.58 bits per heavy atom. The van der Waals surface area contributed by atoms with E-state index < -0.39 is 10.5 Å². The van der Waals surface area contributed by atoms with E-state index in [9.17, 15) is 10.1 Å². The molecule has 1 atom stereocenters. The number of ether oxygens (including phenoxy) is 1. The van der Waals surface area contributed by atoms with Crippen molar-refractivity contribution in [2.24, 2.45) is 0 Å². The van der Waals surface area contributed by atoms with E-state index >= 15 is 0 Å². The first-order valence-electron chi connectivity index (χ1n) is 6.04. The number of hydrogen-bond acceptors (Lipinski definition) is 5. The number of non-ortho nitro benzene ring substituents is 1. The molecule has 6 nitrogen and oxygen atoms in total. The summed E-state index contributed by atoms with van der Waals surface area (Å²) < 4.78 is 5.46. The van der Waals surface area contributed by atoms with Gasteiger partial charge in [0.05, 0.1) is 17.1 Å². The fourth-order valence-corrected chi connectivity index (χ4v) is 1.44. The summed E-state index contributed by atoms with van der Waals surface area (Å²) in [4.78, 5) is 10.2. The van der Waals surface area contributed by atoms with Crippen molar-refractivity contribution in [3.8, 4) is 11.8 Å². The molecule has 0 saturated heterocycles. The molecule has 0 bridgehead atoms. The van der Waals surface area contributed by atoms with Gasteiger partial charge < -0.3 is 4.74 Å². The minimum absolute atomic E-state index is 0.0299. The number of nitrogens with one attached hydrogen (secondary N) is 1. The molecule has 102 valence electrons. The Morgan fingerprint density at radius 3 is 2.89 bits per heavy atom. The zero-order valence-electron chi connectivity index (χ0n) is 11.0. The van der Waals surface area contributed by atoms with Gasteiger partial charge in [-0.05, 0) is 26.0 Å². The number of nitrogens with zero attached hydrogens (tertiary/aromatic N) is 2. The van der Waals surface area contributed by atoms with Gasteiger partial charge in [-0.15, -0.1) is 0 Å². The van der Waals surface area contributed by atoms with Crippen LogP contribution in [-0.4, -0.2) is 23.6 Å². The van der Waals surface area contributed by atoms with E-state index in [1.54, 1.807) is 19.1 Å². The molecule has 0 radical (unpaired) electrons. The van der Waals surface area contributed by atoms with Gasteiger partial charge in [0.25, 0.3) is 5.69 Å². The minimum atomic E-state index is -0.805. The third kappa shape index (κ3) is 4.56. The summed E-state index contributed by atoms with van der Waals surface area (Å²) in [5.74, 6) is 0.383. The lowest BCUT2D eigenvalue weighted by atomic mass is 10.1. The van der Waals surface area contributed by atoms with Crippen molar-refractivity contribution in [3.05, 3.63) is 34.4 Å². The Kier molecular flexibility index (Phi) is 5.27. The zero-order valence-corrected chi connectivity index (χ0v) is 11.0. The molecule has 0 aliphatic rings. The summed E-state index contributed by atoms with van der Waals surface area (Å²) in [5.41, 5.74) is -0.835. The molecule has 0 heterocycles. The molecule has 1 aromatic rings. The lowest BCUT2D eigenvalue weighted by molar-refractivity contribution is -0.384. The molecule has 0 spiro atoms. The van der Waals surface area contributed by atoms with E-state index in [1.807, 2.05) is 6.92 Å². The predicted octanol–water partition coefficient (Wildman–Crippen LogP) is 2.26. The first kappa shape index (κ1) is 14.9. The van der Waals surface area contributed by atoms with Gasteiger partial charge in [-0.2, -0.15) is 5.26 Å². The van der Waals surface area contributed by atoms with Crippen molar-refractivity contribution >= 4 is 5.69 Å². The summed E-state index contributed by atoms with van der Waals surface area (Å²) in [7, 11) is 0. The molecule has 1 unspecified atom stereocenters. The molecular formula is C13H17N3O3. The normalized spacial score (nSPS) is 13.3. The zero-order chi connectivity index (χ0) is 14.3. The highest BCUT2D eigenvalue weighted by molar-refractivity contribution is 5.38. The second kappa shape index (κ2) is 6.71. The number of rotatable bonds is 7. The maximum absolute atomic E-state index is 10.6. The maximum Gasteiger partial charge on any atom is 0.273 e. The second-order valence-corrected chi connectivity index (χ2v) is 4.41. The highest BCUT2D eigenvalue weighted by Crippen LogP contribution is 2.20. The molecular weight excluding hydrogens is 246 g/mol. The summed E-state index contributed by atoms with van der Waals surface area (Å²) in [6.45, 7) is 4.58. The first-order chi connectivity index (χ1) is 9.00. The van der Waals surface area contributed by atoms with Crippen LogP contribution < -0.4 is 10.1 Å². The van der Waals surface area contributed by atoms with Crippen LogP contribution in [0.5, 0.6) is 5.75 Å². The lowest BCUT2D eigenvalue weighted by Gasteiger charge is -2.23. The number of hydrogen-bond donors (Lipinski definition) is 1. The van der Waals surface area contributed by atoms with Gasteiger partial charge in [0.1, 0.15) is 17.9 Å². The van der Waals surface area contributed by atoms with E-state index in [2.05, 4.69) is 11.4 Å². The highest BCUT2D eigenvalue weighted by Gasteiger charge is 2.24. The lowest BCUT2D eigenvalue weighted by Crippen LogP contribution is -2.46. The van der Waals surface area contributed by atoms with Gasteiger partial charge in [0.15, 0.2) is 0 Å². The predicted molar refractivity (Wildman–Crippen MR) is 70.9 cm³/mol. The van der Waals surface area contributed by atoms with E-state index in [0.29, 0.717) is 12.3 Å². The van der Waals surface area contributed by atoms with E-state index in [-0.39, 0.29) is 12.3 Å². The number of nitriles is 1. The standard InChI is InChI=1S/C13H17N3O3/c1-3-7-15-13(2,9-14)10-19-12-6-4-5-11(8-12)16(17)18/h4-6,8,15H,3,7,10H2,1-2H3. The Balaban J connectivity index is 2.67. The largest absolute Gasteiger partial charge is 0.490 e. The van der Waals surface area contributed by atoms with Crippen molar-refractivity contribution in [2.45, 2.75) is 25.8 Å². The van der Waals surface area contributed by atoms with Crippen LogP contribution in [0.2, 0.25) is 0 Å². The maximum atomic E-state index is 10.6. The fourth-order valence-electron chi connectivity index (χ4n) is 1.44. The number of nitro groups is 1. The van der Waals surface area contributed by atoms with Crippen molar-refractivity contribution in [3.63, 3.8) is 0 Å². The van der Waals surface area contributed by atoms with Crippen LogP contribution in [-0.2, 0) is 0 Å². The number of nitro benzene ring substituents is 1. The van der Waals surface area contributed by atoms with Crippen LogP contribution in [0.3, 0.4) is 0 Å². The van der Waals surface area contributed by atoms with Gasteiger partial charge in [-0.3, -0.25) is 15.4 Å². The Hall–Kier alpha value is -2.13. The Labute approximate surface area is 112 Å². The molecule has 0 aromatic heterocycles. The number of benzene rings is 1. The van der Waals surface area contributed by atoms with E-state index in [4.69, 9.17) is 10.00 Å². The van der Waals surface area contributed by atoms with Crippen LogP contribution in [0.25, 0.3) is 0 Å². The minimum Gasteiger partial charge on any atom is -0.490 e. The molecule has 6 heteroatoms. The molecule has 1 rings (SSSR count). The second-order valence-electron chi connectivity index (χ2n) is 4.41. The summed E-state index contributed by atoms with van der Waals surface area (Å²) in [5, 5.41) is 22.9. The molecule has 1 aromatic carbocycles. The van der Waals surface area contributed by atoms with Crippen molar-refractivity contribution < 1.29 is 9.66 Å². The van der Waals surface area contributed by atoms with Crippen LogP contribution in [0, 0.1) is 21.4 Å². The molecule has 0 fully saturated rings. The van der Waals surface area contributed by atoms with Crippen LogP contribution in [0.4, 0.5) is 5.69 Å². The summed E-state index contributed by atoms with van der Waals surface area (Å²) in [6.07, 6.45) is 0.911. The summed E-state index contributed by atoms with van der Waals surface area (Å²) >= 11 is 0. The molecule has 1 N–H and O–H groups in total. The average molecular weight is 263 g/mol. The van der Waals surface area contributed by atoms with Gasteiger partial charge in [-0.25, -0.2) is 0 Å². The van der Waals surface area contributed by atoms with Gasteiger partial charge in [0.2, 0.25) is 0 Å². The topological polar surface area (TPSA) is 88.2 Å². The van der Waals surface area contributed by atoms with Gasteiger partial charge in [0, 0.05) is 6.07 Å². The third-order valence-electron chi connectivity index (χ3n) is 2.57. The van der Waals surface area contributed by atoms with Gasteiger partial charge >= 0.3 is 0 Å². The molecule has 19 heavy (non-hydrogen) atoms. The Bertz CT molecular complexity index is 484.